The summed E-state index contributed by atoms with van der Waals surface area (Å²) >= 11 is 0. The van der Waals surface area contributed by atoms with Gasteiger partial charge in [-0.15, -0.1) is 0 Å². The molecule has 0 atom stereocenters. The van der Waals surface area contributed by atoms with Crippen molar-refractivity contribution in [3.05, 3.63) is 81.4 Å². The van der Waals surface area contributed by atoms with Gasteiger partial charge in [0.15, 0.2) is 0 Å². The van der Waals surface area contributed by atoms with E-state index < -0.39 is 32.8 Å². The van der Waals surface area contributed by atoms with Crippen LogP contribution in [0.1, 0.15) is 11.1 Å². The van der Waals surface area contributed by atoms with Gasteiger partial charge < -0.3 is 8.85 Å². The van der Waals surface area contributed by atoms with Crippen molar-refractivity contribution in [1.82, 2.24) is 0 Å². The van der Waals surface area contributed by atoms with Gasteiger partial charge >= 0.3 is 0 Å². The third-order valence-electron chi connectivity index (χ3n) is 5.94. The molecule has 2 nitrogen and oxygen atoms in total. The van der Waals surface area contributed by atoms with Crippen LogP contribution in [0.4, 0.5) is 0 Å². The number of hydrogen-bond acceptors (Lipinski definition) is 2. The molecule has 0 saturated heterocycles. The Kier molecular flexibility index (Phi) is 6.75. The minimum Gasteiger partial charge on any atom is -0.540 e. The summed E-state index contributed by atoms with van der Waals surface area (Å²) in [6.07, 6.45) is 0. The minimum atomic E-state index is -2.31. The second kappa shape index (κ2) is 8.63. The highest BCUT2D eigenvalue weighted by Crippen LogP contribution is 2.45. The van der Waals surface area contributed by atoms with Crippen molar-refractivity contribution in [2.45, 2.75) is 65.5 Å². The Bertz CT molecular complexity index is 939. The molecule has 0 N–H and O–H groups in total. The average molecular weight is 497 g/mol. The summed E-state index contributed by atoms with van der Waals surface area (Å²) in [5.74, 6) is 2.25. The molecule has 3 rings (SSSR count). The molecule has 0 saturated carbocycles. The van der Waals surface area contributed by atoms with Crippen LogP contribution in [0.2, 0.25) is 65.5 Å². The van der Waals surface area contributed by atoms with Crippen LogP contribution in [-0.2, 0) is 8.85 Å². The van der Waals surface area contributed by atoms with Crippen LogP contribution in [0.5, 0.6) is 0 Å². The van der Waals surface area contributed by atoms with Crippen LogP contribution in [-0.4, -0.2) is 32.8 Å². The van der Waals surface area contributed by atoms with E-state index in [-0.39, 0.29) is 0 Å². The third-order valence-corrected chi connectivity index (χ3v) is 21.8. The molecule has 2 aromatic rings. The number of benzene rings is 2. The highest BCUT2D eigenvalue weighted by Gasteiger charge is 2.49. The van der Waals surface area contributed by atoms with Crippen molar-refractivity contribution in [1.29, 1.82) is 0 Å². The minimum absolute atomic E-state index is 1.13. The van der Waals surface area contributed by atoms with E-state index in [9.17, 15) is 0 Å². The van der Waals surface area contributed by atoms with Crippen molar-refractivity contribution in [3.8, 4) is 0 Å². The van der Waals surface area contributed by atoms with Crippen molar-refractivity contribution in [2.24, 2.45) is 0 Å². The van der Waals surface area contributed by atoms with Crippen LogP contribution in [0.15, 0.2) is 70.3 Å². The Labute approximate surface area is 199 Å². The fourth-order valence-corrected chi connectivity index (χ4v) is 25.4. The summed E-state index contributed by atoms with van der Waals surface area (Å²) in [7, 11) is -8.12. The van der Waals surface area contributed by atoms with Gasteiger partial charge in [0.2, 0.25) is 0 Å². The largest absolute Gasteiger partial charge is 0.540 e. The van der Waals surface area contributed by atoms with E-state index in [2.05, 4.69) is 126 Å². The van der Waals surface area contributed by atoms with Crippen LogP contribution in [0, 0.1) is 0 Å². The average Bonchev–Trinajstić information content (AvgIpc) is 2.64. The van der Waals surface area contributed by atoms with Crippen molar-refractivity contribution in [2.75, 3.05) is 0 Å². The van der Waals surface area contributed by atoms with Gasteiger partial charge in [0.25, 0.3) is 16.6 Å². The van der Waals surface area contributed by atoms with Gasteiger partial charge in [-0.2, -0.15) is 0 Å². The molecule has 2 aromatic carbocycles. The van der Waals surface area contributed by atoms with Crippen LogP contribution >= 0.6 is 0 Å². The lowest BCUT2D eigenvalue weighted by molar-refractivity contribution is 0.486. The molecule has 0 bridgehead atoms. The summed E-state index contributed by atoms with van der Waals surface area (Å²) in [5, 5.41) is 0. The highest BCUT2D eigenvalue weighted by molar-refractivity contribution is 7.06. The third kappa shape index (κ3) is 5.14. The SMILES string of the molecule is C[Si](C)(C)/C1=C(\c2ccccc2)O[Si](C)(C)/C([Si](C)(C)C)=C(/c2ccccc2)O[Si]1(C)C. The molecule has 0 unspecified atom stereocenters. The van der Waals surface area contributed by atoms with Crippen LogP contribution in [0.3, 0.4) is 0 Å². The Morgan fingerprint density at radius 1 is 0.500 bits per heavy atom. The summed E-state index contributed by atoms with van der Waals surface area (Å²) in [6, 6.07) is 21.5. The predicted molar refractivity (Wildman–Crippen MR) is 151 cm³/mol. The first-order chi connectivity index (χ1) is 14.6. The molecule has 32 heavy (non-hydrogen) atoms. The lowest BCUT2D eigenvalue weighted by atomic mass is 10.2. The fourth-order valence-electron chi connectivity index (χ4n) is 5.33. The Morgan fingerprint density at radius 2 is 0.781 bits per heavy atom. The molecular formula is C26H40O2Si4. The number of hydrogen-bond donors (Lipinski definition) is 0. The molecule has 0 aromatic heterocycles. The Morgan fingerprint density at radius 3 is 1.03 bits per heavy atom. The number of rotatable bonds is 4. The van der Waals surface area contributed by atoms with Crippen LogP contribution < -0.4 is 0 Å². The predicted octanol–water partition coefficient (Wildman–Crippen LogP) is 8.10. The van der Waals surface area contributed by atoms with E-state index in [0.717, 1.165) is 11.5 Å². The zero-order valence-corrected chi connectivity index (χ0v) is 25.6. The smallest absolute Gasteiger partial charge is 0.272 e. The molecule has 172 valence electrons. The molecule has 0 aliphatic carbocycles. The van der Waals surface area contributed by atoms with Crippen molar-refractivity contribution >= 4 is 44.3 Å². The summed E-state index contributed by atoms with van der Waals surface area (Å²) in [5.41, 5.74) is 2.40. The summed E-state index contributed by atoms with van der Waals surface area (Å²) < 4.78 is 14.6. The van der Waals surface area contributed by atoms with Crippen LogP contribution in [0.25, 0.3) is 11.5 Å². The monoisotopic (exact) mass is 496 g/mol. The summed E-state index contributed by atoms with van der Waals surface area (Å²) in [4.78, 5) is 2.97. The van der Waals surface area contributed by atoms with Gasteiger partial charge in [0.05, 0.1) is 16.1 Å². The Balaban J connectivity index is 2.40. The first-order valence-corrected chi connectivity index (χ1v) is 24.5. The van der Waals surface area contributed by atoms with E-state index in [1.807, 2.05) is 0 Å². The second-order valence-corrected chi connectivity index (χ2v) is 30.3. The fraction of sp³-hybridized carbons (Fsp3) is 0.385. The Hall–Kier alpha value is -1.61. The summed E-state index contributed by atoms with van der Waals surface area (Å²) in [6.45, 7) is 24.1. The quantitative estimate of drug-likeness (QED) is 0.398. The molecule has 0 spiro atoms. The normalized spacial score (nSPS) is 23.6. The topological polar surface area (TPSA) is 18.5 Å². The first-order valence-electron chi connectivity index (χ1n) is 11.6. The van der Waals surface area contributed by atoms with E-state index >= 15 is 0 Å². The molecule has 0 fully saturated rings. The van der Waals surface area contributed by atoms with Crippen molar-refractivity contribution < 1.29 is 8.85 Å². The molecule has 1 heterocycles. The van der Waals surface area contributed by atoms with Gasteiger partial charge in [-0.1, -0.05) is 99.9 Å². The maximum absolute atomic E-state index is 7.32. The maximum Gasteiger partial charge on any atom is 0.272 e. The lowest BCUT2D eigenvalue weighted by Crippen LogP contribution is -2.52. The van der Waals surface area contributed by atoms with Gasteiger partial charge in [0.1, 0.15) is 11.5 Å². The molecular weight excluding hydrogens is 457 g/mol. The van der Waals surface area contributed by atoms with E-state index in [1.54, 1.807) is 0 Å². The highest BCUT2D eigenvalue weighted by atomic mass is 28.4. The van der Waals surface area contributed by atoms with Gasteiger partial charge in [-0.05, 0) is 35.8 Å². The maximum atomic E-state index is 7.32. The standard InChI is InChI=1S/C26H40O2Si4/c1-29(2,3)25-23(21-17-13-11-14-18-21)27-32(9,10)26(30(4,5)6)24(28-31(25,7)8)22-19-15-12-16-20-22/h11-20H,1-10H3/b25-23-,26-24-. The van der Waals surface area contributed by atoms with Gasteiger partial charge in [0, 0.05) is 11.1 Å². The lowest BCUT2D eigenvalue weighted by Gasteiger charge is -2.45. The van der Waals surface area contributed by atoms with E-state index in [1.165, 1.54) is 20.8 Å². The molecule has 1 aliphatic heterocycles. The van der Waals surface area contributed by atoms with Gasteiger partial charge in [-0.25, -0.2) is 0 Å². The second-order valence-electron chi connectivity index (χ2n) is 11.9. The van der Waals surface area contributed by atoms with E-state index in [0.29, 0.717) is 0 Å². The molecule has 0 radical (unpaired) electrons. The van der Waals surface area contributed by atoms with E-state index in [4.69, 9.17) is 8.85 Å². The zero-order chi connectivity index (χ0) is 23.9. The van der Waals surface area contributed by atoms with Crippen molar-refractivity contribution in [3.63, 3.8) is 0 Å². The molecule has 6 heteroatoms. The van der Waals surface area contributed by atoms with Gasteiger partial charge in [-0.3, -0.25) is 0 Å². The molecule has 0 amide bonds. The first kappa shape index (κ1) is 25.0. The molecule has 1 aliphatic rings. The zero-order valence-electron chi connectivity index (χ0n) is 21.6.